The van der Waals surface area contributed by atoms with Gasteiger partial charge in [0.15, 0.2) is 0 Å². The first-order valence-electron chi connectivity index (χ1n) is 9.84. The van der Waals surface area contributed by atoms with Gasteiger partial charge in [0.25, 0.3) is 0 Å². The zero-order valence-electron chi connectivity index (χ0n) is 17.3. The van der Waals surface area contributed by atoms with Crippen LogP contribution >= 0.6 is 0 Å². The number of aromatic nitrogens is 3. The van der Waals surface area contributed by atoms with E-state index < -0.39 is 0 Å². The van der Waals surface area contributed by atoms with Crippen LogP contribution in [0.5, 0.6) is 5.75 Å². The van der Waals surface area contributed by atoms with Gasteiger partial charge in [0.2, 0.25) is 0 Å². The van der Waals surface area contributed by atoms with Gasteiger partial charge < -0.3 is 14.6 Å². The lowest BCUT2D eigenvalue weighted by Gasteiger charge is -2.22. The summed E-state index contributed by atoms with van der Waals surface area (Å²) in [6.07, 6.45) is 6.20. The number of aryl methyl sites for hydroxylation is 2. The van der Waals surface area contributed by atoms with Crippen LogP contribution in [-0.4, -0.2) is 21.6 Å². The fourth-order valence-electron chi connectivity index (χ4n) is 3.73. The molecular formula is C24H23N5O. The molecule has 30 heavy (non-hydrogen) atoms. The molecule has 0 spiro atoms. The van der Waals surface area contributed by atoms with E-state index in [9.17, 15) is 5.26 Å². The Labute approximate surface area is 175 Å². The minimum Gasteiger partial charge on any atom is -0.497 e. The van der Waals surface area contributed by atoms with Crippen LogP contribution in [0.15, 0.2) is 61.1 Å². The third-order valence-corrected chi connectivity index (χ3v) is 5.31. The van der Waals surface area contributed by atoms with Crippen LogP contribution in [0.4, 0.5) is 5.69 Å². The third kappa shape index (κ3) is 3.46. The normalized spacial score (nSPS) is 11.8. The fourth-order valence-corrected chi connectivity index (χ4v) is 3.73. The van der Waals surface area contributed by atoms with E-state index in [1.165, 1.54) is 0 Å². The lowest BCUT2D eigenvalue weighted by atomic mass is 10.0. The number of para-hydroxylation sites is 1. The van der Waals surface area contributed by atoms with E-state index in [0.717, 1.165) is 45.7 Å². The van der Waals surface area contributed by atoms with Crippen molar-refractivity contribution in [3.63, 3.8) is 0 Å². The maximum Gasteiger partial charge on any atom is 0.135 e. The number of anilines is 1. The second-order valence-corrected chi connectivity index (χ2v) is 7.08. The number of hydrogen-bond donors (Lipinski definition) is 1. The number of benzene rings is 2. The molecule has 0 bridgehead atoms. The fraction of sp³-hybridized carbons (Fsp3) is 0.208. The highest BCUT2D eigenvalue weighted by Crippen LogP contribution is 2.34. The summed E-state index contributed by atoms with van der Waals surface area (Å²) in [4.78, 5) is 9.14. The number of hydrogen-bond acceptors (Lipinski definition) is 5. The van der Waals surface area contributed by atoms with Gasteiger partial charge in [-0.15, -0.1) is 0 Å². The second-order valence-electron chi connectivity index (χ2n) is 7.08. The van der Waals surface area contributed by atoms with Crippen LogP contribution in [0.25, 0.3) is 10.9 Å². The molecule has 6 nitrogen and oxygen atoms in total. The number of nitrogens with zero attached hydrogens (tertiary/aromatic N) is 4. The van der Waals surface area contributed by atoms with Crippen LogP contribution in [-0.2, 0) is 13.5 Å². The van der Waals surface area contributed by atoms with Crippen LogP contribution in [0.1, 0.15) is 35.5 Å². The number of ether oxygens (including phenoxy) is 1. The predicted octanol–water partition coefficient (Wildman–Crippen LogP) is 4.61. The Morgan fingerprint density at radius 1 is 1.20 bits per heavy atom. The number of fused-ring (bicyclic) bond motifs is 1. The molecule has 1 N–H and O–H groups in total. The number of pyridine rings is 1. The number of imidazole rings is 1. The van der Waals surface area contributed by atoms with E-state index >= 15 is 0 Å². The molecule has 0 amide bonds. The molecule has 0 aliphatic heterocycles. The maximum atomic E-state index is 9.78. The van der Waals surface area contributed by atoms with E-state index in [4.69, 9.17) is 4.74 Å². The molecule has 4 rings (SSSR count). The van der Waals surface area contributed by atoms with Crippen LogP contribution in [0, 0.1) is 11.3 Å². The molecule has 4 aromatic rings. The van der Waals surface area contributed by atoms with Gasteiger partial charge in [-0.1, -0.05) is 37.3 Å². The van der Waals surface area contributed by atoms with Gasteiger partial charge in [-0.3, -0.25) is 4.98 Å². The van der Waals surface area contributed by atoms with Gasteiger partial charge in [0.05, 0.1) is 23.9 Å². The zero-order valence-corrected chi connectivity index (χ0v) is 17.3. The molecule has 0 aliphatic carbocycles. The van der Waals surface area contributed by atoms with Crippen LogP contribution in [0.3, 0.4) is 0 Å². The van der Waals surface area contributed by atoms with Gasteiger partial charge >= 0.3 is 0 Å². The molecule has 2 aromatic heterocycles. The lowest BCUT2D eigenvalue weighted by molar-refractivity contribution is 0.414. The Morgan fingerprint density at radius 2 is 2.03 bits per heavy atom. The molecule has 0 fully saturated rings. The molecule has 2 aromatic carbocycles. The summed E-state index contributed by atoms with van der Waals surface area (Å²) in [5.41, 5.74) is 4.30. The smallest absolute Gasteiger partial charge is 0.135 e. The standard InChI is InChI=1S/C24H23N5O/c1-4-16-7-6-10-20-21(16)27-15-18(14-25)22(20)28-23(24-26-11-12-29(24)2)17-8-5-9-19(13-17)30-3/h5-13,15,23H,4H2,1-3H3,(H,27,28). The lowest BCUT2D eigenvalue weighted by Crippen LogP contribution is -2.18. The molecule has 0 saturated carbocycles. The molecule has 0 aliphatic rings. The Kier molecular flexibility index (Phi) is 5.36. The topological polar surface area (TPSA) is 75.8 Å². The van der Waals surface area contributed by atoms with Crippen molar-refractivity contribution >= 4 is 16.6 Å². The average Bonchev–Trinajstić information content (AvgIpc) is 3.22. The molecule has 1 atom stereocenters. The predicted molar refractivity (Wildman–Crippen MR) is 118 cm³/mol. The van der Waals surface area contributed by atoms with E-state index in [-0.39, 0.29) is 6.04 Å². The minimum atomic E-state index is -0.275. The van der Waals surface area contributed by atoms with Crippen molar-refractivity contribution in [3.05, 3.63) is 83.6 Å². The van der Waals surface area contributed by atoms with Crippen molar-refractivity contribution in [2.75, 3.05) is 12.4 Å². The molecule has 1 unspecified atom stereocenters. The average molecular weight is 397 g/mol. The highest BCUT2D eigenvalue weighted by molar-refractivity contribution is 5.96. The van der Waals surface area contributed by atoms with Gasteiger partial charge in [-0.2, -0.15) is 5.26 Å². The minimum absolute atomic E-state index is 0.275. The summed E-state index contributed by atoms with van der Waals surface area (Å²) >= 11 is 0. The summed E-state index contributed by atoms with van der Waals surface area (Å²) in [5, 5.41) is 14.3. The number of rotatable bonds is 6. The van der Waals surface area contributed by atoms with Crippen molar-refractivity contribution in [1.82, 2.24) is 14.5 Å². The molecule has 6 heteroatoms. The first-order chi connectivity index (χ1) is 14.7. The van der Waals surface area contributed by atoms with E-state index in [2.05, 4.69) is 34.3 Å². The Morgan fingerprint density at radius 3 is 2.73 bits per heavy atom. The highest BCUT2D eigenvalue weighted by Gasteiger charge is 2.22. The highest BCUT2D eigenvalue weighted by atomic mass is 16.5. The first kappa shape index (κ1) is 19.5. The molecule has 0 saturated heterocycles. The second kappa shape index (κ2) is 8.26. The van der Waals surface area contributed by atoms with Gasteiger partial charge in [0, 0.05) is 31.0 Å². The van der Waals surface area contributed by atoms with Crippen LogP contribution in [0.2, 0.25) is 0 Å². The van der Waals surface area contributed by atoms with Gasteiger partial charge in [0.1, 0.15) is 23.7 Å². The van der Waals surface area contributed by atoms with E-state index in [1.807, 2.05) is 54.2 Å². The van der Waals surface area contributed by atoms with Gasteiger partial charge in [-0.05, 0) is 29.7 Å². The number of methoxy groups -OCH3 is 1. The Hall–Kier alpha value is -3.85. The maximum absolute atomic E-state index is 9.78. The van der Waals surface area contributed by atoms with Crippen LogP contribution < -0.4 is 10.1 Å². The molecule has 2 heterocycles. The quantitative estimate of drug-likeness (QED) is 0.514. The van der Waals surface area contributed by atoms with Crippen molar-refractivity contribution in [2.45, 2.75) is 19.4 Å². The number of nitriles is 1. The van der Waals surface area contributed by atoms with Crippen molar-refractivity contribution in [1.29, 1.82) is 5.26 Å². The molecule has 150 valence electrons. The molecule has 0 radical (unpaired) electrons. The van der Waals surface area contributed by atoms with Crippen molar-refractivity contribution < 1.29 is 4.74 Å². The Balaban J connectivity index is 1.91. The van der Waals surface area contributed by atoms with E-state index in [1.54, 1.807) is 19.5 Å². The summed E-state index contributed by atoms with van der Waals surface area (Å²) in [6.45, 7) is 2.11. The van der Waals surface area contributed by atoms with Gasteiger partial charge in [-0.25, -0.2) is 4.98 Å². The number of nitrogens with one attached hydrogen (secondary N) is 1. The largest absolute Gasteiger partial charge is 0.497 e. The van der Waals surface area contributed by atoms with E-state index in [0.29, 0.717) is 5.56 Å². The third-order valence-electron chi connectivity index (χ3n) is 5.31. The SMILES string of the molecule is CCc1cccc2c(NC(c3cccc(OC)c3)c3nccn3C)c(C#N)cnc12. The molecular weight excluding hydrogens is 374 g/mol. The summed E-state index contributed by atoms with van der Waals surface area (Å²) in [5.74, 6) is 1.60. The monoisotopic (exact) mass is 397 g/mol. The van der Waals surface area contributed by atoms with Crippen molar-refractivity contribution in [2.24, 2.45) is 7.05 Å². The Bertz CT molecular complexity index is 1240. The zero-order chi connectivity index (χ0) is 21.1. The first-order valence-corrected chi connectivity index (χ1v) is 9.84. The summed E-state index contributed by atoms with van der Waals surface area (Å²) < 4.78 is 7.41. The summed E-state index contributed by atoms with van der Waals surface area (Å²) in [6, 6.07) is 16.0. The van der Waals surface area contributed by atoms with Crippen molar-refractivity contribution in [3.8, 4) is 11.8 Å². The summed E-state index contributed by atoms with van der Waals surface area (Å²) in [7, 11) is 3.61.